The van der Waals surface area contributed by atoms with Gasteiger partial charge in [-0.2, -0.15) is 0 Å². The van der Waals surface area contributed by atoms with Gasteiger partial charge in [0.25, 0.3) is 5.91 Å². The second-order valence-corrected chi connectivity index (χ2v) is 6.37. The zero-order valence-corrected chi connectivity index (χ0v) is 12.6. The fraction of sp³-hybridized carbons (Fsp3) is 0.467. The molecule has 1 N–H and O–H groups in total. The predicted molar refractivity (Wildman–Crippen MR) is 76.7 cm³/mol. The summed E-state index contributed by atoms with van der Waals surface area (Å²) < 4.78 is 4.79. The van der Waals surface area contributed by atoms with Crippen LogP contribution in [0.1, 0.15) is 37.0 Å². The van der Waals surface area contributed by atoms with Gasteiger partial charge in [-0.15, -0.1) is 0 Å². The Labute approximate surface area is 123 Å². The minimum Gasteiger partial charge on any atom is -0.469 e. The molecule has 1 aliphatic carbocycles. The number of halogens is 1. The predicted octanol–water partition coefficient (Wildman–Crippen LogP) is 2.80. The Balaban J connectivity index is 2.02. The van der Waals surface area contributed by atoms with Crippen LogP contribution in [0.3, 0.4) is 0 Å². The molecule has 1 aliphatic rings. The molecule has 1 saturated carbocycles. The zero-order valence-electron chi connectivity index (χ0n) is 11.8. The molecule has 108 valence electrons. The Hall–Kier alpha value is -1.55. The molecule has 0 bridgehead atoms. The smallest absolute Gasteiger partial charge is 0.311 e. The molecule has 5 heteroatoms. The van der Waals surface area contributed by atoms with Gasteiger partial charge in [0.05, 0.1) is 12.5 Å². The van der Waals surface area contributed by atoms with Gasteiger partial charge in [0, 0.05) is 16.1 Å². The summed E-state index contributed by atoms with van der Waals surface area (Å²) in [4.78, 5) is 23.8. The van der Waals surface area contributed by atoms with E-state index in [0.717, 1.165) is 0 Å². The highest BCUT2D eigenvalue weighted by atomic mass is 35.5. The maximum atomic E-state index is 12.2. The number of esters is 1. The lowest BCUT2D eigenvalue weighted by Crippen LogP contribution is -2.61. The van der Waals surface area contributed by atoms with E-state index in [2.05, 4.69) is 5.32 Å². The van der Waals surface area contributed by atoms with Crippen molar-refractivity contribution in [3.63, 3.8) is 0 Å². The average molecular weight is 296 g/mol. The molecule has 0 heterocycles. The SMILES string of the molecule is COC(=O)C1(C)CC(C)(NC(=O)c2cccc(Cl)c2)C1. The van der Waals surface area contributed by atoms with Crippen LogP contribution in [-0.4, -0.2) is 24.5 Å². The van der Waals surface area contributed by atoms with E-state index in [1.54, 1.807) is 24.3 Å². The van der Waals surface area contributed by atoms with E-state index < -0.39 is 5.41 Å². The van der Waals surface area contributed by atoms with E-state index in [-0.39, 0.29) is 17.4 Å². The molecule has 0 saturated heterocycles. The van der Waals surface area contributed by atoms with E-state index in [1.807, 2.05) is 13.8 Å². The molecule has 1 amide bonds. The Kier molecular flexibility index (Phi) is 3.78. The largest absolute Gasteiger partial charge is 0.469 e. The molecule has 0 aliphatic heterocycles. The van der Waals surface area contributed by atoms with E-state index in [4.69, 9.17) is 16.3 Å². The monoisotopic (exact) mass is 295 g/mol. The minimum atomic E-state index is -0.509. The molecule has 1 aromatic carbocycles. The molecule has 0 atom stereocenters. The number of methoxy groups -OCH3 is 1. The third-order valence-electron chi connectivity index (χ3n) is 3.74. The van der Waals surface area contributed by atoms with Gasteiger partial charge in [-0.3, -0.25) is 9.59 Å². The van der Waals surface area contributed by atoms with Crippen LogP contribution < -0.4 is 5.32 Å². The summed E-state index contributed by atoms with van der Waals surface area (Å²) in [6.07, 6.45) is 1.14. The fourth-order valence-electron chi connectivity index (χ4n) is 3.13. The Morgan fingerprint density at radius 2 is 1.95 bits per heavy atom. The van der Waals surface area contributed by atoms with Crippen molar-refractivity contribution in [2.45, 2.75) is 32.2 Å². The first-order valence-corrected chi connectivity index (χ1v) is 6.82. The number of benzene rings is 1. The van der Waals surface area contributed by atoms with Crippen molar-refractivity contribution in [2.24, 2.45) is 5.41 Å². The highest BCUT2D eigenvalue weighted by molar-refractivity contribution is 6.30. The number of rotatable bonds is 3. The molecule has 0 spiro atoms. The summed E-state index contributed by atoms with van der Waals surface area (Å²) in [5.41, 5.74) is -0.376. The number of ether oxygens (including phenoxy) is 1. The number of carbonyl (C=O) groups excluding carboxylic acids is 2. The highest BCUT2D eigenvalue weighted by Crippen LogP contribution is 2.48. The Morgan fingerprint density at radius 3 is 2.50 bits per heavy atom. The van der Waals surface area contributed by atoms with Crippen LogP contribution in [0.15, 0.2) is 24.3 Å². The maximum Gasteiger partial charge on any atom is 0.311 e. The molecule has 0 unspecified atom stereocenters. The van der Waals surface area contributed by atoms with Crippen molar-refractivity contribution in [1.82, 2.24) is 5.32 Å². The van der Waals surface area contributed by atoms with Crippen molar-refractivity contribution >= 4 is 23.5 Å². The van der Waals surface area contributed by atoms with Gasteiger partial charge in [0.15, 0.2) is 0 Å². The first-order chi connectivity index (χ1) is 9.28. The summed E-state index contributed by atoms with van der Waals surface area (Å²) in [7, 11) is 1.38. The first kappa shape index (κ1) is 14.9. The third-order valence-corrected chi connectivity index (χ3v) is 3.98. The quantitative estimate of drug-likeness (QED) is 0.873. The van der Waals surface area contributed by atoms with Crippen LogP contribution in [0.4, 0.5) is 0 Å². The Morgan fingerprint density at radius 1 is 1.30 bits per heavy atom. The van der Waals surface area contributed by atoms with Crippen LogP contribution in [0.2, 0.25) is 5.02 Å². The summed E-state index contributed by atoms with van der Waals surface area (Å²) in [6, 6.07) is 6.79. The first-order valence-electron chi connectivity index (χ1n) is 6.45. The van der Waals surface area contributed by atoms with Crippen molar-refractivity contribution in [3.05, 3.63) is 34.9 Å². The Bertz CT molecular complexity index is 550. The normalized spacial score (nSPS) is 28.4. The van der Waals surface area contributed by atoms with Crippen LogP contribution in [0.5, 0.6) is 0 Å². The number of hydrogen-bond donors (Lipinski definition) is 1. The maximum absolute atomic E-state index is 12.2. The van der Waals surface area contributed by atoms with E-state index >= 15 is 0 Å². The fourth-order valence-corrected chi connectivity index (χ4v) is 3.32. The van der Waals surface area contributed by atoms with Crippen LogP contribution in [0.25, 0.3) is 0 Å². The molecule has 4 nitrogen and oxygen atoms in total. The zero-order chi connectivity index (χ0) is 15.0. The second kappa shape index (κ2) is 5.09. The van der Waals surface area contributed by atoms with Crippen molar-refractivity contribution < 1.29 is 14.3 Å². The van der Waals surface area contributed by atoms with Crippen LogP contribution in [0, 0.1) is 5.41 Å². The lowest BCUT2D eigenvalue weighted by atomic mass is 9.59. The van der Waals surface area contributed by atoms with Gasteiger partial charge in [0.1, 0.15) is 0 Å². The lowest BCUT2D eigenvalue weighted by Gasteiger charge is -2.51. The lowest BCUT2D eigenvalue weighted by molar-refractivity contribution is -0.161. The van der Waals surface area contributed by atoms with Crippen molar-refractivity contribution in [1.29, 1.82) is 0 Å². The molecule has 0 aromatic heterocycles. The molecule has 2 rings (SSSR count). The molecule has 20 heavy (non-hydrogen) atoms. The van der Waals surface area contributed by atoms with Crippen molar-refractivity contribution in [2.75, 3.05) is 7.11 Å². The standard InChI is InChI=1S/C15H18ClNO3/c1-14(13(19)20-3)8-15(2,9-14)17-12(18)10-5-4-6-11(16)7-10/h4-7H,8-9H2,1-3H3,(H,17,18). The van der Waals surface area contributed by atoms with Gasteiger partial charge in [-0.05, 0) is 44.9 Å². The average Bonchev–Trinajstić information content (AvgIpc) is 2.35. The molecule has 0 radical (unpaired) electrons. The highest BCUT2D eigenvalue weighted by Gasteiger charge is 2.54. The van der Waals surface area contributed by atoms with Gasteiger partial charge >= 0.3 is 5.97 Å². The summed E-state index contributed by atoms with van der Waals surface area (Å²) >= 11 is 5.87. The third kappa shape index (κ3) is 2.80. The topological polar surface area (TPSA) is 55.4 Å². The van der Waals surface area contributed by atoms with Gasteiger partial charge in [0.2, 0.25) is 0 Å². The summed E-state index contributed by atoms with van der Waals surface area (Å²) in [5.74, 6) is -0.408. The van der Waals surface area contributed by atoms with Gasteiger partial charge in [-0.1, -0.05) is 17.7 Å². The van der Waals surface area contributed by atoms with Crippen LogP contribution in [-0.2, 0) is 9.53 Å². The number of amides is 1. The van der Waals surface area contributed by atoms with Gasteiger partial charge < -0.3 is 10.1 Å². The van der Waals surface area contributed by atoms with Crippen molar-refractivity contribution in [3.8, 4) is 0 Å². The molecule has 1 fully saturated rings. The molecular formula is C15H18ClNO3. The molecular weight excluding hydrogens is 278 g/mol. The van der Waals surface area contributed by atoms with Gasteiger partial charge in [-0.25, -0.2) is 0 Å². The summed E-state index contributed by atoms with van der Waals surface area (Å²) in [6.45, 7) is 3.78. The van der Waals surface area contributed by atoms with E-state index in [9.17, 15) is 9.59 Å². The number of carbonyl (C=O) groups is 2. The number of nitrogens with one attached hydrogen (secondary N) is 1. The van der Waals surface area contributed by atoms with E-state index in [1.165, 1.54) is 7.11 Å². The summed E-state index contributed by atoms with van der Waals surface area (Å²) in [5, 5.41) is 3.49. The number of hydrogen-bond acceptors (Lipinski definition) is 3. The molecule has 1 aromatic rings. The minimum absolute atomic E-state index is 0.179. The second-order valence-electron chi connectivity index (χ2n) is 5.93. The van der Waals surface area contributed by atoms with E-state index in [0.29, 0.717) is 23.4 Å². The van der Waals surface area contributed by atoms with Crippen LogP contribution >= 0.6 is 11.6 Å².